The molecule has 0 saturated heterocycles. The van der Waals surface area contributed by atoms with E-state index in [0.717, 1.165) is 0 Å². The van der Waals surface area contributed by atoms with Crippen LogP contribution in [0.3, 0.4) is 0 Å². The summed E-state index contributed by atoms with van der Waals surface area (Å²) in [6.45, 7) is 0. The number of carbonyl (C=O) groups excluding carboxylic acids is 2. The van der Waals surface area contributed by atoms with Gasteiger partial charge in [0.05, 0.1) is 16.1 Å². The Hall–Kier alpha value is -2.31. The van der Waals surface area contributed by atoms with Gasteiger partial charge in [0, 0.05) is 10.0 Å². The second-order valence-corrected chi connectivity index (χ2v) is 6.79. The highest BCUT2D eigenvalue weighted by Gasteiger charge is 2.19. The largest absolute Gasteiger partial charge is 0.319 e. The summed E-state index contributed by atoms with van der Waals surface area (Å²) in [6.07, 6.45) is 0. The van der Waals surface area contributed by atoms with Crippen LogP contribution in [0.4, 0.5) is 10.1 Å². The Morgan fingerprint density at radius 1 is 1.00 bits per heavy atom. The zero-order valence-electron chi connectivity index (χ0n) is 12.3. The van der Waals surface area contributed by atoms with E-state index in [2.05, 4.69) is 21.2 Å². The van der Waals surface area contributed by atoms with Crippen molar-refractivity contribution in [2.45, 2.75) is 0 Å². The van der Waals surface area contributed by atoms with Crippen molar-refractivity contribution >= 4 is 44.6 Å². The van der Waals surface area contributed by atoms with Gasteiger partial charge in [-0.2, -0.15) is 0 Å². The molecule has 0 unspecified atom stereocenters. The minimum absolute atomic E-state index is 0.0570. The summed E-state index contributed by atoms with van der Waals surface area (Å²) in [7, 11) is 0. The lowest BCUT2D eigenvalue weighted by molar-refractivity contribution is 0.0997. The van der Waals surface area contributed by atoms with Gasteiger partial charge in [0.25, 0.3) is 5.91 Å². The molecule has 3 aromatic rings. The third kappa shape index (κ3) is 3.44. The second-order valence-electron chi connectivity index (χ2n) is 4.93. The first kappa shape index (κ1) is 16.5. The molecule has 0 radical (unpaired) electrons. The molecule has 0 fully saturated rings. The molecular weight excluding hydrogens is 393 g/mol. The molecule has 1 heterocycles. The van der Waals surface area contributed by atoms with Crippen molar-refractivity contribution < 1.29 is 14.0 Å². The Labute approximate surface area is 150 Å². The number of hydrogen-bond donors (Lipinski definition) is 1. The lowest BCUT2D eigenvalue weighted by atomic mass is 10.0. The van der Waals surface area contributed by atoms with Crippen LogP contribution in [-0.4, -0.2) is 11.7 Å². The predicted molar refractivity (Wildman–Crippen MR) is 96.2 cm³/mol. The van der Waals surface area contributed by atoms with Crippen molar-refractivity contribution in [3.8, 4) is 0 Å². The number of halogens is 2. The molecule has 24 heavy (non-hydrogen) atoms. The van der Waals surface area contributed by atoms with Gasteiger partial charge in [0.2, 0.25) is 5.78 Å². The topological polar surface area (TPSA) is 46.2 Å². The van der Waals surface area contributed by atoms with E-state index in [1.807, 2.05) is 0 Å². The number of anilines is 1. The Morgan fingerprint density at radius 3 is 2.42 bits per heavy atom. The average molecular weight is 404 g/mol. The number of thiophene rings is 1. The molecule has 3 nitrogen and oxygen atoms in total. The van der Waals surface area contributed by atoms with Crippen molar-refractivity contribution in [3.63, 3.8) is 0 Å². The Balaban J connectivity index is 1.92. The molecular formula is C18H11BrFNO2S. The van der Waals surface area contributed by atoms with E-state index in [9.17, 15) is 14.0 Å². The lowest BCUT2D eigenvalue weighted by Crippen LogP contribution is -2.17. The Kier molecular flexibility index (Phi) is 4.87. The highest BCUT2D eigenvalue weighted by Crippen LogP contribution is 2.22. The quantitative estimate of drug-likeness (QED) is 0.613. The maximum Gasteiger partial charge on any atom is 0.256 e. The van der Waals surface area contributed by atoms with Crippen LogP contribution in [-0.2, 0) is 0 Å². The van der Waals surface area contributed by atoms with Gasteiger partial charge in [-0.3, -0.25) is 9.59 Å². The van der Waals surface area contributed by atoms with E-state index in [1.165, 1.54) is 23.5 Å². The molecule has 0 aliphatic heterocycles. The van der Waals surface area contributed by atoms with Crippen LogP contribution in [0.25, 0.3) is 0 Å². The van der Waals surface area contributed by atoms with Crippen LogP contribution >= 0.6 is 27.3 Å². The van der Waals surface area contributed by atoms with Crippen molar-refractivity contribution in [2.75, 3.05) is 5.32 Å². The number of hydrogen-bond acceptors (Lipinski definition) is 3. The van der Waals surface area contributed by atoms with Gasteiger partial charge in [-0.1, -0.05) is 40.2 Å². The van der Waals surface area contributed by atoms with Crippen molar-refractivity contribution in [1.82, 2.24) is 0 Å². The summed E-state index contributed by atoms with van der Waals surface area (Å²) in [5.41, 5.74) is 0.551. The molecule has 120 valence electrons. The highest BCUT2D eigenvalue weighted by atomic mass is 79.9. The number of ketones is 1. The molecule has 1 N–H and O–H groups in total. The molecule has 0 aliphatic rings. The molecule has 0 spiro atoms. The van der Waals surface area contributed by atoms with E-state index in [1.54, 1.807) is 47.8 Å². The molecule has 2 aromatic carbocycles. The molecule has 0 atom stereocenters. The summed E-state index contributed by atoms with van der Waals surface area (Å²) in [4.78, 5) is 25.6. The first-order valence-electron chi connectivity index (χ1n) is 7.00. The van der Waals surface area contributed by atoms with Crippen LogP contribution in [0.5, 0.6) is 0 Å². The Bertz CT molecular complexity index is 909. The van der Waals surface area contributed by atoms with Gasteiger partial charge in [-0.05, 0) is 35.7 Å². The van der Waals surface area contributed by atoms with Crippen molar-refractivity contribution in [2.24, 2.45) is 0 Å². The SMILES string of the molecule is O=C(Nc1ccc(Br)cc1F)c1ccccc1C(=O)c1cccs1. The van der Waals surface area contributed by atoms with E-state index < -0.39 is 11.7 Å². The number of rotatable bonds is 4. The summed E-state index contributed by atoms with van der Waals surface area (Å²) in [6, 6.07) is 14.3. The number of carbonyl (C=O) groups is 2. The van der Waals surface area contributed by atoms with Gasteiger partial charge in [-0.25, -0.2) is 4.39 Å². The van der Waals surface area contributed by atoms with Crippen LogP contribution < -0.4 is 5.32 Å². The zero-order valence-corrected chi connectivity index (χ0v) is 14.7. The van der Waals surface area contributed by atoms with Gasteiger partial charge in [-0.15, -0.1) is 11.3 Å². The fourth-order valence-electron chi connectivity index (χ4n) is 2.20. The fourth-order valence-corrected chi connectivity index (χ4v) is 3.21. The summed E-state index contributed by atoms with van der Waals surface area (Å²) < 4.78 is 14.5. The third-order valence-corrected chi connectivity index (χ3v) is 4.70. The number of benzene rings is 2. The van der Waals surface area contributed by atoms with E-state index >= 15 is 0 Å². The third-order valence-electron chi connectivity index (χ3n) is 3.34. The van der Waals surface area contributed by atoms with Crippen LogP contribution in [0, 0.1) is 5.82 Å². The fraction of sp³-hybridized carbons (Fsp3) is 0. The number of amides is 1. The van der Waals surface area contributed by atoms with Crippen molar-refractivity contribution in [1.29, 1.82) is 0 Å². The zero-order chi connectivity index (χ0) is 17.1. The van der Waals surface area contributed by atoms with Gasteiger partial charge in [0.15, 0.2) is 0 Å². The van der Waals surface area contributed by atoms with E-state index in [0.29, 0.717) is 9.35 Å². The minimum Gasteiger partial charge on any atom is -0.319 e. The number of nitrogens with one attached hydrogen (secondary N) is 1. The normalized spacial score (nSPS) is 10.4. The lowest BCUT2D eigenvalue weighted by Gasteiger charge is -2.10. The van der Waals surface area contributed by atoms with E-state index in [-0.39, 0.29) is 22.6 Å². The maximum atomic E-state index is 13.9. The molecule has 0 bridgehead atoms. The molecule has 1 aromatic heterocycles. The van der Waals surface area contributed by atoms with Crippen molar-refractivity contribution in [3.05, 3.63) is 86.3 Å². The molecule has 1 amide bonds. The van der Waals surface area contributed by atoms with Gasteiger partial charge < -0.3 is 5.32 Å². The average Bonchev–Trinajstić information content (AvgIpc) is 3.11. The minimum atomic E-state index is -0.556. The summed E-state index contributed by atoms with van der Waals surface area (Å²) in [5.74, 6) is -1.32. The Morgan fingerprint density at radius 2 is 1.75 bits per heavy atom. The molecule has 0 aliphatic carbocycles. The molecule has 6 heteroatoms. The first-order valence-corrected chi connectivity index (χ1v) is 8.67. The standard InChI is InChI=1S/C18H11BrFNO2S/c19-11-7-8-15(14(20)10-11)21-18(23)13-5-2-1-4-12(13)17(22)16-6-3-9-24-16/h1-10H,(H,21,23). The maximum absolute atomic E-state index is 13.9. The first-order chi connectivity index (χ1) is 11.6. The predicted octanol–water partition coefficient (Wildman–Crippen LogP) is 5.13. The highest BCUT2D eigenvalue weighted by molar-refractivity contribution is 9.10. The van der Waals surface area contributed by atoms with Crippen LogP contribution in [0.2, 0.25) is 0 Å². The molecule has 0 saturated carbocycles. The van der Waals surface area contributed by atoms with Gasteiger partial charge in [0.1, 0.15) is 5.82 Å². The van der Waals surface area contributed by atoms with Gasteiger partial charge >= 0.3 is 0 Å². The van der Waals surface area contributed by atoms with Crippen LogP contribution in [0.15, 0.2) is 64.5 Å². The summed E-state index contributed by atoms with van der Waals surface area (Å²) >= 11 is 4.47. The summed E-state index contributed by atoms with van der Waals surface area (Å²) in [5, 5.41) is 4.31. The molecule has 3 rings (SSSR count). The van der Waals surface area contributed by atoms with E-state index in [4.69, 9.17) is 0 Å². The second kappa shape index (κ2) is 7.07. The monoisotopic (exact) mass is 403 g/mol. The smallest absolute Gasteiger partial charge is 0.256 e. The van der Waals surface area contributed by atoms with Crippen LogP contribution in [0.1, 0.15) is 25.6 Å².